The standard InChI is InChI=1S/C27H36N6O2/c1-35-26-8-3-2-7-24(26)31-16-14-30(15-17-31)19-21-9-11-22(12-10-21)20-32(27(28)34)25-18-29-33-13-5-4-6-23(25)33/h2-8,13,18,21-22H,9-12,14-17,19-20H2,1H3,(H2,28,34)/t21-,22-. The number of benzene rings is 1. The number of hydrogen-bond acceptors (Lipinski definition) is 5. The summed E-state index contributed by atoms with van der Waals surface area (Å²) in [5.74, 6) is 2.15. The summed E-state index contributed by atoms with van der Waals surface area (Å²) in [7, 11) is 1.74. The van der Waals surface area contributed by atoms with Crippen LogP contribution in [0, 0.1) is 11.8 Å². The number of fused-ring (bicyclic) bond motifs is 1. The molecule has 3 heterocycles. The maximum absolute atomic E-state index is 12.3. The zero-order chi connectivity index (χ0) is 24.2. The van der Waals surface area contributed by atoms with Gasteiger partial charge in [0.1, 0.15) is 5.75 Å². The van der Waals surface area contributed by atoms with Crippen LogP contribution in [0.15, 0.2) is 54.9 Å². The fourth-order valence-corrected chi connectivity index (χ4v) is 5.72. The van der Waals surface area contributed by atoms with E-state index in [1.54, 1.807) is 22.7 Å². The van der Waals surface area contributed by atoms with Gasteiger partial charge in [-0.2, -0.15) is 5.10 Å². The van der Waals surface area contributed by atoms with E-state index in [4.69, 9.17) is 10.5 Å². The van der Waals surface area contributed by atoms with Gasteiger partial charge in [0.2, 0.25) is 0 Å². The Kier molecular flexibility index (Phi) is 7.08. The van der Waals surface area contributed by atoms with Crippen LogP contribution in [0.3, 0.4) is 0 Å². The summed E-state index contributed by atoms with van der Waals surface area (Å²) < 4.78 is 7.34. The number of rotatable bonds is 7. The molecular formula is C27H36N6O2. The first-order valence-electron chi connectivity index (χ1n) is 12.7. The zero-order valence-electron chi connectivity index (χ0n) is 20.6. The number of carbonyl (C=O) groups excluding carboxylic acids is 1. The molecule has 0 atom stereocenters. The number of aromatic nitrogens is 2. The minimum Gasteiger partial charge on any atom is -0.495 e. The molecule has 2 aliphatic rings. The number of primary amides is 1. The number of nitrogens with zero attached hydrogens (tertiary/aromatic N) is 5. The van der Waals surface area contributed by atoms with E-state index in [2.05, 4.69) is 27.0 Å². The Hall–Kier alpha value is -3.26. The fourth-order valence-electron chi connectivity index (χ4n) is 5.72. The average molecular weight is 477 g/mol. The van der Waals surface area contributed by atoms with Crippen molar-refractivity contribution in [2.24, 2.45) is 17.6 Å². The number of pyridine rings is 1. The number of anilines is 2. The minimum absolute atomic E-state index is 0.404. The molecule has 3 aromatic rings. The van der Waals surface area contributed by atoms with Crippen LogP contribution >= 0.6 is 0 Å². The first kappa shape index (κ1) is 23.5. The number of urea groups is 1. The lowest BCUT2D eigenvalue weighted by Gasteiger charge is -2.39. The predicted molar refractivity (Wildman–Crippen MR) is 139 cm³/mol. The first-order chi connectivity index (χ1) is 17.1. The summed E-state index contributed by atoms with van der Waals surface area (Å²) in [4.78, 5) is 19.1. The number of hydrogen-bond donors (Lipinski definition) is 1. The van der Waals surface area contributed by atoms with Gasteiger partial charge in [-0.15, -0.1) is 0 Å². The molecule has 35 heavy (non-hydrogen) atoms. The normalized spacial score (nSPS) is 21.2. The molecule has 2 fully saturated rings. The molecule has 186 valence electrons. The molecule has 0 radical (unpaired) electrons. The van der Waals surface area contributed by atoms with E-state index in [9.17, 15) is 4.79 Å². The highest BCUT2D eigenvalue weighted by atomic mass is 16.5. The van der Waals surface area contributed by atoms with E-state index in [-0.39, 0.29) is 0 Å². The van der Waals surface area contributed by atoms with Crippen LogP contribution < -0.4 is 20.3 Å². The molecule has 0 spiro atoms. The van der Waals surface area contributed by atoms with Gasteiger partial charge < -0.3 is 15.4 Å². The van der Waals surface area contributed by atoms with Crippen LogP contribution in [0.5, 0.6) is 5.75 Å². The predicted octanol–water partition coefficient (Wildman–Crippen LogP) is 3.86. The second-order valence-electron chi connectivity index (χ2n) is 9.86. The Morgan fingerprint density at radius 3 is 2.49 bits per heavy atom. The highest BCUT2D eigenvalue weighted by Gasteiger charge is 2.28. The molecule has 2 aromatic heterocycles. The molecule has 0 bridgehead atoms. The molecular weight excluding hydrogens is 440 g/mol. The van der Waals surface area contributed by atoms with E-state index in [1.165, 1.54) is 25.1 Å². The van der Waals surface area contributed by atoms with Crippen molar-refractivity contribution in [3.05, 3.63) is 54.9 Å². The van der Waals surface area contributed by atoms with Gasteiger partial charge in [0.05, 0.1) is 30.2 Å². The molecule has 1 aliphatic heterocycles. The van der Waals surface area contributed by atoms with Gasteiger partial charge in [-0.05, 0) is 61.8 Å². The number of piperazine rings is 1. The van der Waals surface area contributed by atoms with Gasteiger partial charge in [0.25, 0.3) is 0 Å². The van der Waals surface area contributed by atoms with Gasteiger partial charge in [-0.25, -0.2) is 9.31 Å². The lowest BCUT2D eigenvalue weighted by Crippen LogP contribution is -2.48. The summed E-state index contributed by atoms with van der Waals surface area (Å²) in [5, 5.41) is 4.38. The van der Waals surface area contributed by atoms with Crippen molar-refractivity contribution in [3.8, 4) is 5.75 Å². The number of methoxy groups -OCH3 is 1. The Bertz CT molecular complexity index is 1130. The van der Waals surface area contributed by atoms with Gasteiger partial charge in [0.15, 0.2) is 0 Å². The summed E-state index contributed by atoms with van der Waals surface area (Å²) in [6.07, 6.45) is 8.32. The van der Waals surface area contributed by atoms with E-state index in [0.29, 0.717) is 12.5 Å². The Morgan fingerprint density at radius 1 is 1.03 bits per heavy atom. The molecule has 8 nitrogen and oxygen atoms in total. The lowest BCUT2D eigenvalue weighted by molar-refractivity contribution is 0.174. The Morgan fingerprint density at radius 2 is 1.74 bits per heavy atom. The summed E-state index contributed by atoms with van der Waals surface area (Å²) in [6, 6.07) is 13.8. The number of carbonyl (C=O) groups is 1. The first-order valence-corrected chi connectivity index (χ1v) is 12.7. The van der Waals surface area contributed by atoms with Crippen LogP contribution in [0.25, 0.3) is 5.52 Å². The summed E-state index contributed by atoms with van der Waals surface area (Å²) in [5.41, 5.74) is 8.69. The number of amides is 2. The van der Waals surface area contributed by atoms with Gasteiger partial charge >= 0.3 is 6.03 Å². The third-order valence-corrected chi connectivity index (χ3v) is 7.68. The third-order valence-electron chi connectivity index (χ3n) is 7.68. The van der Waals surface area contributed by atoms with Gasteiger partial charge in [0, 0.05) is 45.5 Å². The highest BCUT2D eigenvalue weighted by Crippen LogP contribution is 2.33. The van der Waals surface area contributed by atoms with Crippen LogP contribution in [-0.2, 0) is 0 Å². The molecule has 1 aromatic carbocycles. The quantitative estimate of drug-likeness (QED) is 0.560. The Balaban J connectivity index is 1.11. The van der Waals surface area contributed by atoms with E-state index < -0.39 is 6.03 Å². The lowest BCUT2D eigenvalue weighted by atomic mass is 9.81. The average Bonchev–Trinajstić information content (AvgIpc) is 3.32. The summed E-state index contributed by atoms with van der Waals surface area (Å²) >= 11 is 0. The second kappa shape index (κ2) is 10.6. The van der Waals surface area contributed by atoms with Crippen LogP contribution in [-0.4, -0.2) is 66.9 Å². The van der Waals surface area contributed by atoms with Crippen molar-refractivity contribution >= 4 is 22.9 Å². The molecule has 1 aliphatic carbocycles. The van der Waals surface area contributed by atoms with Crippen molar-refractivity contribution < 1.29 is 9.53 Å². The number of para-hydroxylation sites is 2. The van der Waals surface area contributed by atoms with E-state index >= 15 is 0 Å². The van der Waals surface area contributed by atoms with Crippen molar-refractivity contribution in [1.82, 2.24) is 14.5 Å². The van der Waals surface area contributed by atoms with Crippen LogP contribution in [0.4, 0.5) is 16.2 Å². The fraction of sp³-hybridized carbons (Fsp3) is 0.481. The number of nitrogens with two attached hydrogens (primary N) is 1. The van der Waals surface area contributed by atoms with Crippen molar-refractivity contribution in [2.75, 3.05) is 56.2 Å². The smallest absolute Gasteiger partial charge is 0.319 e. The SMILES string of the molecule is COc1ccccc1N1CCN(C[C@H]2CC[C@H](CN(C(N)=O)c3cnn4ccccc34)CC2)CC1. The summed E-state index contributed by atoms with van der Waals surface area (Å²) in [6.45, 7) is 6.06. The van der Waals surface area contributed by atoms with Gasteiger partial charge in [-0.3, -0.25) is 9.80 Å². The minimum atomic E-state index is -0.404. The molecule has 8 heteroatoms. The maximum atomic E-state index is 12.3. The zero-order valence-corrected chi connectivity index (χ0v) is 20.6. The van der Waals surface area contributed by atoms with Crippen LogP contribution in [0.1, 0.15) is 25.7 Å². The highest BCUT2D eigenvalue weighted by molar-refractivity contribution is 5.95. The maximum Gasteiger partial charge on any atom is 0.319 e. The van der Waals surface area contributed by atoms with Gasteiger partial charge in [-0.1, -0.05) is 18.2 Å². The molecule has 2 amide bonds. The monoisotopic (exact) mass is 476 g/mol. The van der Waals surface area contributed by atoms with Crippen molar-refractivity contribution in [3.63, 3.8) is 0 Å². The van der Waals surface area contributed by atoms with Crippen LogP contribution in [0.2, 0.25) is 0 Å². The molecule has 1 saturated heterocycles. The van der Waals surface area contributed by atoms with Crippen molar-refractivity contribution in [1.29, 1.82) is 0 Å². The number of ether oxygens (including phenoxy) is 1. The topological polar surface area (TPSA) is 79.3 Å². The van der Waals surface area contributed by atoms with Crippen molar-refractivity contribution in [2.45, 2.75) is 25.7 Å². The van der Waals surface area contributed by atoms with E-state index in [0.717, 1.165) is 61.9 Å². The molecule has 0 unspecified atom stereocenters. The molecule has 1 saturated carbocycles. The molecule has 5 rings (SSSR count). The Labute approximate surface area is 207 Å². The molecule has 2 N–H and O–H groups in total. The second-order valence-corrected chi connectivity index (χ2v) is 9.86. The largest absolute Gasteiger partial charge is 0.495 e. The third kappa shape index (κ3) is 5.22. The van der Waals surface area contributed by atoms with E-state index in [1.807, 2.05) is 36.5 Å².